The summed E-state index contributed by atoms with van der Waals surface area (Å²) in [6.45, 7) is 4.25. The van der Waals surface area contributed by atoms with E-state index in [-0.39, 0.29) is 12.5 Å². The van der Waals surface area contributed by atoms with E-state index in [9.17, 15) is 14.7 Å². The van der Waals surface area contributed by atoms with Gasteiger partial charge in [-0.1, -0.05) is 11.6 Å². The molecule has 0 bridgehead atoms. The fourth-order valence-corrected chi connectivity index (χ4v) is 2.64. The van der Waals surface area contributed by atoms with Gasteiger partial charge >= 0.3 is 5.97 Å². The highest BCUT2D eigenvalue weighted by Gasteiger charge is 2.42. The molecule has 1 atom stereocenters. The third kappa shape index (κ3) is 2.73. The number of rotatable bonds is 2. The Bertz CT molecular complexity index is 523. The zero-order valence-electron chi connectivity index (χ0n) is 10.9. The summed E-state index contributed by atoms with van der Waals surface area (Å²) in [6, 6.07) is 5.17. The number of benzene rings is 1. The Morgan fingerprint density at radius 3 is 2.58 bits per heavy atom. The van der Waals surface area contributed by atoms with E-state index in [0.29, 0.717) is 23.6 Å². The van der Waals surface area contributed by atoms with Crippen LogP contribution in [0.3, 0.4) is 0 Å². The van der Waals surface area contributed by atoms with Crippen LogP contribution in [0.25, 0.3) is 0 Å². The largest absolute Gasteiger partial charge is 0.481 e. The smallest absolute Gasteiger partial charge is 0.311 e. The number of carbonyl (C=O) groups is 2. The minimum absolute atomic E-state index is 0.157. The maximum atomic E-state index is 12.3. The fourth-order valence-electron chi connectivity index (χ4n) is 2.35. The van der Waals surface area contributed by atoms with Crippen LogP contribution < -0.4 is 0 Å². The highest BCUT2D eigenvalue weighted by atomic mass is 35.5. The Labute approximate surface area is 117 Å². The van der Waals surface area contributed by atoms with Gasteiger partial charge in [0.1, 0.15) is 0 Å². The van der Waals surface area contributed by atoms with Crippen molar-refractivity contribution in [2.45, 2.75) is 20.3 Å². The number of hydrogen-bond donors (Lipinski definition) is 1. The van der Waals surface area contributed by atoms with Crippen molar-refractivity contribution in [2.75, 3.05) is 13.1 Å². The first-order valence-corrected chi connectivity index (χ1v) is 6.49. The molecule has 1 amide bonds. The van der Waals surface area contributed by atoms with E-state index in [0.717, 1.165) is 5.56 Å². The van der Waals surface area contributed by atoms with Crippen LogP contribution in [0.1, 0.15) is 29.3 Å². The van der Waals surface area contributed by atoms with E-state index in [1.807, 2.05) is 6.92 Å². The number of carboxylic acids is 1. The summed E-state index contributed by atoms with van der Waals surface area (Å²) in [5, 5.41) is 9.69. The average Bonchev–Trinajstić information content (AvgIpc) is 2.71. The first-order chi connectivity index (χ1) is 8.82. The van der Waals surface area contributed by atoms with Gasteiger partial charge in [0.2, 0.25) is 0 Å². The van der Waals surface area contributed by atoms with E-state index in [4.69, 9.17) is 11.6 Å². The number of amides is 1. The second-order valence-electron chi connectivity index (χ2n) is 5.36. The Morgan fingerprint density at radius 2 is 2.05 bits per heavy atom. The topological polar surface area (TPSA) is 57.6 Å². The van der Waals surface area contributed by atoms with Gasteiger partial charge in [-0.2, -0.15) is 0 Å². The predicted octanol–water partition coefficient (Wildman–Crippen LogP) is 2.59. The number of carboxylic acid groups (broad SMARTS) is 1. The Hall–Kier alpha value is -1.55. The molecule has 1 aliphatic rings. The van der Waals surface area contributed by atoms with Crippen molar-refractivity contribution in [1.82, 2.24) is 4.90 Å². The average molecular weight is 282 g/mol. The third-order valence-electron chi connectivity index (χ3n) is 3.57. The van der Waals surface area contributed by atoms with Gasteiger partial charge in [0, 0.05) is 23.7 Å². The summed E-state index contributed by atoms with van der Waals surface area (Å²) >= 11 is 5.94. The molecular weight excluding hydrogens is 266 g/mol. The number of aliphatic carboxylic acids is 1. The summed E-state index contributed by atoms with van der Waals surface area (Å²) < 4.78 is 0. The Kier molecular flexibility index (Phi) is 3.54. The van der Waals surface area contributed by atoms with Crippen LogP contribution in [0.15, 0.2) is 18.2 Å². The number of nitrogens with zero attached hydrogens (tertiary/aromatic N) is 1. The maximum absolute atomic E-state index is 12.3. The highest BCUT2D eigenvalue weighted by molar-refractivity contribution is 6.31. The van der Waals surface area contributed by atoms with Gasteiger partial charge in [0.25, 0.3) is 5.91 Å². The second-order valence-corrected chi connectivity index (χ2v) is 5.80. The molecule has 0 spiro atoms. The van der Waals surface area contributed by atoms with Crippen molar-refractivity contribution in [3.8, 4) is 0 Å². The molecule has 0 aromatic heterocycles. The van der Waals surface area contributed by atoms with Crippen LogP contribution in [0.5, 0.6) is 0 Å². The summed E-state index contributed by atoms with van der Waals surface area (Å²) in [5.41, 5.74) is 0.583. The summed E-state index contributed by atoms with van der Waals surface area (Å²) in [5.74, 6) is -1.01. The van der Waals surface area contributed by atoms with Gasteiger partial charge in [-0.05, 0) is 44.0 Å². The van der Waals surface area contributed by atoms with Crippen LogP contribution in [0.4, 0.5) is 0 Å². The van der Waals surface area contributed by atoms with Gasteiger partial charge in [0.15, 0.2) is 0 Å². The number of likely N-dealkylation sites (tertiary alicyclic amines) is 1. The number of aryl methyl sites for hydroxylation is 1. The summed E-state index contributed by atoms with van der Waals surface area (Å²) in [7, 11) is 0. The van der Waals surface area contributed by atoms with Gasteiger partial charge in [-0.15, -0.1) is 0 Å². The van der Waals surface area contributed by atoms with E-state index in [1.54, 1.807) is 30.0 Å². The number of hydrogen-bond acceptors (Lipinski definition) is 2. The number of carbonyl (C=O) groups excluding carboxylic acids is 1. The lowest BCUT2D eigenvalue weighted by Crippen LogP contribution is -2.34. The quantitative estimate of drug-likeness (QED) is 0.906. The first kappa shape index (κ1) is 13.9. The van der Waals surface area contributed by atoms with Crippen LogP contribution in [0.2, 0.25) is 5.02 Å². The minimum atomic E-state index is -0.856. The van der Waals surface area contributed by atoms with Crippen LogP contribution in [-0.2, 0) is 4.79 Å². The monoisotopic (exact) mass is 281 g/mol. The molecular formula is C14H16ClNO3. The molecule has 102 valence electrons. The van der Waals surface area contributed by atoms with Gasteiger partial charge in [0.05, 0.1) is 5.41 Å². The highest BCUT2D eigenvalue weighted by Crippen LogP contribution is 2.31. The van der Waals surface area contributed by atoms with Crippen LogP contribution in [0, 0.1) is 12.3 Å². The summed E-state index contributed by atoms with van der Waals surface area (Å²) in [4.78, 5) is 25.1. The van der Waals surface area contributed by atoms with Crippen LogP contribution >= 0.6 is 11.6 Å². The van der Waals surface area contributed by atoms with Crippen LogP contribution in [-0.4, -0.2) is 35.0 Å². The fraction of sp³-hybridized carbons (Fsp3) is 0.429. The molecule has 1 N–H and O–H groups in total. The zero-order valence-corrected chi connectivity index (χ0v) is 11.7. The van der Waals surface area contributed by atoms with Crippen molar-refractivity contribution in [1.29, 1.82) is 0 Å². The standard InChI is InChI=1S/C14H16ClNO3/c1-9-5-10(7-11(15)6-9)12(17)16-4-3-14(2,8-16)13(18)19/h5-7H,3-4,8H2,1-2H3,(H,18,19)/t14-/m1/s1. The van der Waals surface area contributed by atoms with E-state index in [1.165, 1.54) is 0 Å². The molecule has 1 fully saturated rings. The molecule has 1 aromatic carbocycles. The molecule has 0 aliphatic carbocycles. The molecule has 5 heteroatoms. The van der Waals surface area contributed by atoms with E-state index < -0.39 is 11.4 Å². The maximum Gasteiger partial charge on any atom is 0.311 e. The minimum Gasteiger partial charge on any atom is -0.481 e. The van der Waals surface area contributed by atoms with Crippen molar-refractivity contribution in [3.63, 3.8) is 0 Å². The van der Waals surface area contributed by atoms with Gasteiger partial charge in [-0.25, -0.2) is 0 Å². The van der Waals surface area contributed by atoms with Crippen molar-refractivity contribution < 1.29 is 14.7 Å². The SMILES string of the molecule is Cc1cc(Cl)cc(C(=O)N2CC[C@@](C)(C(=O)O)C2)c1. The van der Waals surface area contributed by atoms with Crippen molar-refractivity contribution in [3.05, 3.63) is 34.3 Å². The first-order valence-electron chi connectivity index (χ1n) is 6.12. The summed E-state index contributed by atoms with van der Waals surface area (Å²) in [6.07, 6.45) is 0.480. The van der Waals surface area contributed by atoms with Gasteiger partial charge < -0.3 is 10.0 Å². The molecule has 1 heterocycles. The lowest BCUT2D eigenvalue weighted by molar-refractivity contribution is -0.147. The second kappa shape index (κ2) is 4.85. The van der Waals surface area contributed by atoms with Crippen molar-refractivity contribution >= 4 is 23.5 Å². The lowest BCUT2D eigenvalue weighted by atomic mass is 9.90. The molecule has 1 aliphatic heterocycles. The molecule has 1 saturated heterocycles. The van der Waals surface area contributed by atoms with Crippen molar-refractivity contribution in [2.24, 2.45) is 5.41 Å². The van der Waals surface area contributed by atoms with E-state index in [2.05, 4.69) is 0 Å². The molecule has 2 rings (SSSR count). The third-order valence-corrected chi connectivity index (χ3v) is 3.78. The zero-order chi connectivity index (χ0) is 14.2. The molecule has 1 aromatic rings. The Balaban J connectivity index is 2.20. The molecule has 0 radical (unpaired) electrons. The molecule has 19 heavy (non-hydrogen) atoms. The normalized spacial score (nSPS) is 22.6. The molecule has 4 nitrogen and oxygen atoms in total. The molecule has 0 saturated carbocycles. The molecule has 0 unspecified atom stereocenters. The van der Waals surface area contributed by atoms with E-state index >= 15 is 0 Å². The predicted molar refractivity (Wildman–Crippen MR) is 72.5 cm³/mol. The Morgan fingerprint density at radius 1 is 1.37 bits per heavy atom. The lowest BCUT2D eigenvalue weighted by Gasteiger charge is -2.20. The van der Waals surface area contributed by atoms with Gasteiger partial charge in [-0.3, -0.25) is 9.59 Å². The number of halogens is 1.